The van der Waals surface area contributed by atoms with E-state index in [0.29, 0.717) is 11.5 Å². The van der Waals surface area contributed by atoms with Gasteiger partial charge in [0.05, 0.1) is 5.69 Å². The maximum Gasteiger partial charge on any atom is 0.263 e. The zero-order valence-corrected chi connectivity index (χ0v) is 18.3. The number of aromatic nitrogens is 2. The molecule has 1 aromatic heterocycles. The topological polar surface area (TPSA) is 104 Å². The molecule has 2 aliphatic heterocycles. The lowest BCUT2D eigenvalue weighted by Crippen LogP contribution is -2.39. The van der Waals surface area contributed by atoms with E-state index in [1.165, 1.54) is 10.6 Å². The first-order valence-electron chi connectivity index (χ1n) is 9.63. The van der Waals surface area contributed by atoms with Crippen LogP contribution in [-0.4, -0.2) is 39.0 Å². The summed E-state index contributed by atoms with van der Waals surface area (Å²) in [6.07, 6.45) is 0. The summed E-state index contributed by atoms with van der Waals surface area (Å²) in [6.45, 7) is 4.13. The van der Waals surface area contributed by atoms with Crippen LogP contribution >= 0.6 is 15.9 Å². The Morgan fingerprint density at radius 1 is 1.03 bits per heavy atom. The fourth-order valence-corrected chi connectivity index (χ4v) is 3.92. The van der Waals surface area contributed by atoms with E-state index in [-0.39, 0.29) is 18.3 Å². The number of anilines is 1. The molecule has 0 spiro atoms. The van der Waals surface area contributed by atoms with Crippen LogP contribution in [0.3, 0.4) is 0 Å². The second kappa shape index (κ2) is 7.38. The van der Waals surface area contributed by atoms with Gasteiger partial charge in [-0.05, 0) is 55.3 Å². The van der Waals surface area contributed by atoms with Crippen LogP contribution in [0.2, 0.25) is 0 Å². The summed E-state index contributed by atoms with van der Waals surface area (Å²) in [5, 5.41) is 13.5. The number of nitrogens with zero attached hydrogens (tertiary/aromatic N) is 6. The molecular weight excluding hydrogens is 464 g/mol. The molecule has 0 aliphatic carbocycles. The molecular formula is C21H17BrN6O3. The van der Waals surface area contributed by atoms with Gasteiger partial charge in [-0.1, -0.05) is 38.4 Å². The lowest BCUT2D eigenvalue weighted by atomic mass is 10.1. The molecule has 0 N–H and O–H groups in total. The molecule has 31 heavy (non-hydrogen) atoms. The molecule has 156 valence electrons. The van der Waals surface area contributed by atoms with Gasteiger partial charge in [0.15, 0.2) is 12.1 Å². The van der Waals surface area contributed by atoms with Crippen molar-refractivity contribution < 1.29 is 14.1 Å². The molecule has 1 fully saturated rings. The minimum Gasteiger partial charge on any atom is -0.337 e. The number of aryl methyl sites for hydroxylation is 2. The lowest BCUT2D eigenvalue weighted by Gasteiger charge is -2.19. The fourth-order valence-electron chi connectivity index (χ4n) is 3.65. The van der Waals surface area contributed by atoms with E-state index in [9.17, 15) is 9.59 Å². The maximum atomic E-state index is 13.0. The molecule has 3 aromatic rings. The summed E-state index contributed by atoms with van der Waals surface area (Å²) in [6, 6.07) is 11.2. The third kappa shape index (κ3) is 3.32. The van der Waals surface area contributed by atoms with Crippen molar-refractivity contribution >= 4 is 33.4 Å². The number of hydrogen-bond acceptors (Lipinski definition) is 8. The highest BCUT2D eigenvalue weighted by Gasteiger charge is 2.55. The van der Waals surface area contributed by atoms with Gasteiger partial charge in [-0.25, -0.2) is 4.90 Å². The largest absolute Gasteiger partial charge is 0.337 e. The molecule has 2 aliphatic rings. The third-order valence-corrected chi connectivity index (χ3v) is 6.00. The number of fused-ring (bicyclic) bond motifs is 1. The Morgan fingerprint density at radius 2 is 1.81 bits per heavy atom. The first kappa shape index (κ1) is 19.6. The molecule has 0 unspecified atom stereocenters. The van der Waals surface area contributed by atoms with Crippen molar-refractivity contribution in [3.63, 3.8) is 0 Å². The quantitative estimate of drug-likeness (QED) is 0.528. The zero-order valence-electron chi connectivity index (χ0n) is 16.7. The molecule has 2 aromatic carbocycles. The Balaban J connectivity index is 1.36. The number of carbonyl (C=O) groups is 2. The van der Waals surface area contributed by atoms with Crippen molar-refractivity contribution in [3.8, 4) is 11.4 Å². The van der Waals surface area contributed by atoms with Crippen molar-refractivity contribution in [3.05, 3.63) is 64.0 Å². The van der Waals surface area contributed by atoms with Gasteiger partial charge in [-0.15, -0.1) is 0 Å². The van der Waals surface area contributed by atoms with Crippen molar-refractivity contribution in [2.24, 2.45) is 10.3 Å². The SMILES string of the molecule is Cc1ccc(-c2noc(CN3N=N[C@H]4C(=O)N(c5ccc(Br)cc5)C(=O)[C@@H]43)n2)cc1C. The number of rotatable bonds is 4. The highest BCUT2D eigenvalue weighted by Crippen LogP contribution is 2.33. The van der Waals surface area contributed by atoms with Crippen LogP contribution < -0.4 is 4.90 Å². The third-order valence-electron chi connectivity index (χ3n) is 5.47. The summed E-state index contributed by atoms with van der Waals surface area (Å²) in [5.74, 6) is -0.0348. The lowest BCUT2D eigenvalue weighted by molar-refractivity contribution is -0.123. The highest BCUT2D eigenvalue weighted by molar-refractivity contribution is 9.10. The maximum absolute atomic E-state index is 13.0. The molecule has 3 heterocycles. The van der Waals surface area contributed by atoms with Gasteiger partial charge in [0.2, 0.25) is 11.7 Å². The summed E-state index contributed by atoms with van der Waals surface area (Å²) in [5.41, 5.74) is 3.64. The van der Waals surface area contributed by atoms with Gasteiger partial charge in [-0.2, -0.15) is 10.1 Å². The second-order valence-corrected chi connectivity index (χ2v) is 8.41. The van der Waals surface area contributed by atoms with Gasteiger partial charge >= 0.3 is 0 Å². The van der Waals surface area contributed by atoms with Gasteiger partial charge < -0.3 is 4.52 Å². The number of hydrogen-bond donors (Lipinski definition) is 0. The Hall–Kier alpha value is -3.40. The Bertz CT molecular complexity index is 1220. The van der Waals surface area contributed by atoms with Crippen LogP contribution in [0.4, 0.5) is 5.69 Å². The van der Waals surface area contributed by atoms with Gasteiger partial charge in [-0.3, -0.25) is 14.6 Å². The van der Waals surface area contributed by atoms with Crippen LogP contribution in [0.5, 0.6) is 0 Å². The number of benzene rings is 2. The number of imide groups is 1. The van der Waals surface area contributed by atoms with Gasteiger partial charge in [0.1, 0.15) is 6.54 Å². The predicted octanol–water partition coefficient (Wildman–Crippen LogP) is 3.61. The Morgan fingerprint density at radius 3 is 2.55 bits per heavy atom. The number of halogens is 1. The minimum absolute atomic E-state index is 0.0791. The van der Waals surface area contributed by atoms with Gasteiger partial charge in [0.25, 0.3) is 11.8 Å². The van der Waals surface area contributed by atoms with Crippen molar-refractivity contribution in [1.29, 1.82) is 0 Å². The highest BCUT2D eigenvalue weighted by atomic mass is 79.9. The summed E-state index contributed by atoms with van der Waals surface area (Å²) in [4.78, 5) is 31.4. The van der Waals surface area contributed by atoms with Crippen LogP contribution in [0.15, 0.2) is 61.8 Å². The first-order chi connectivity index (χ1) is 14.9. The predicted molar refractivity (Wildman–Crippen MR) is 114 cm³/mol. The van der Waals surface area contributed by atoms with Gasteiger partial charge in [0, 0.05) is 10.0 Å². The second-order valence-electron chi connectivity index (χ2n) is 7.49. The number of amides is 2. The zero-order chi connectivity index (χ0) is 21.7. The molecule has 2 amide bonds. The van der Waals surface area contributed by atoms with Crippen LogP contribution in [0.1, 0.15) is 17.0 Å². The molecule has 0 saturated carbocycles. The number of carbonyl (C=O) groups excluding carboxylic acids is 2. The van der Waals surface area contributed by atoms with E-state index in [1.807, 2.05) is 32.0 Å². The molecule has 5 rings (SSSR count). The van der Waals surface area contributed by atoms with E-state index in [4.69, 9.17) is 4.52 Å². The molecule has 0 bridgehead atoms. The van der Waals surface area contributed by atoms with Crippen molar-refractivity contribution in [1.82, 2.24) is 15.1 Å². The monoisotopic (exact) mass is 480 g/mol. The van der Waals surface area contributed by atoms with E-state index >= 15 is 0 Å². The molecule has 0 radical (unpaired) electrons. The average Bonchev–Trinajstić information content (AvgIpc) is 3.44. The van der Waals surface area contributed by atoms with Crippen LogP contribution in [-0.2, 0) is 16.1 Å². The van der Waals surface area contributed by atoms with E-state index in [0.717, 1.165) is 20.5 Å². The Labute approximate surface area is 185 Å². The van der Waals surface area contributed by atoms with E-state index in [1.54, 1.807) is 24.3 Å². The van der Waals surface area contributed by atoms with Crippen molar-refractivity contribution in [2.75, 3.05) is 4.90 Å². The first-order valence-corrected chi connectivity index (χ1v) is 10.4. The summed E-state index contributed by atoms with van der Waals surface area (Å²) >= 11 is 3.35. The molecule has 10 heteroatoms. The average molecular weight is 481 g/mol. The van der Waals surface area contributed by atoms with Crippen LogP contribution in [0.25, 0.3) is 11.4 Å². The normalized spacial score (nSPS) is 20.1. The Kier molecular flexibility index (Phi) is 4.66. The molecule has 1 saturated heterocycles. The van der Waals surface area contributed by atoms with Crippen molar-refractivity contribution in [2.45, 2.75) is 32.5 Å². The molecule has 2 atom stereocenters. The summed E-state index contributed by atoms with van der Waals surface area (Å²) in [7, 11) is 0. The smallest absolute Gasteiger partial charge is 0.263 e. The standard InChI is InChI=1S/C21H17BrN6O3/c1-11-3-4-13(9-12(11)2)19-23-16(31-25-19)10-27-18-17(24-26-27)20(29)28(21(18)30)15-7-5-14(22)6-8-15/h3-9,17-18H,10H2,1-2H3/t17-,18-/m1/s1. The van der Waals surface area contributed by atoms with Crippen LogP contribution in [0, 0.1) is 13.8 Å². The van der Waals surface area contributed by atoms with E-state index < -0.39 is 18.0 Å². The fraction of sp³-hybridized carbons (Fsp3) is 0.238. The molecule has 9 nitrogen and oxygen atoms in total. The minimum atomic E-state index is -0.877. The summed E-state index contributed by atoms with van der Waals surface area (Å²) < 4.78 is 6.22. The van der Waals surface area contributed by atoms with E-state index in [2.05, 4.69) is 36.4 Å².